The van der Waals surface area contributed by atoms with Crippen LogP contribution in [-0.4, -0.2) is 0 Å². The van der Waals surface area contributed by atoms with Gasteiger partial charge in [0.05, 0.1) is 0 Å². The minimum Gasteiger partial charge on any atom is -0.271 e. The van der Waals surface area contributed by atoms with Crippen molar-refractivity contribution in [3.63, 3.8) is 0 Å². The van der Waals surface area contributed by atoms with Gasteiger partial charge in [0, 0.05) is 6.04 Å². The molecule has 1 atom stereocenters. The van der Waals surface area contributed by atoms with Crippen molar-refractivity contribution in [1.29, 1.82) is 0 Å². The summed E-state index contributed by atoms with van der Waals surface area (Å²) in [7, 11) is 0. The Labute approximate surface area is 73.8 Å². The summed E-state index contributed by atoms with van der Waals surface area (Å²) in [5, 5.41) is 0. The van der Waals surface area contributed by atoms with Gasteiger partial charge in [-0.15, -0.1) is 0 Å². The largest absolute Gasteiger partial charge is 0.271 e. The summed E-state index contributed by atoms with van der Waals surface area (Å²) in [4.78, 5) is 0. The SMILES string of the molecule is CC(C)[C@@H](NN)c1ccccc1. The summed E-state index contributed by atoms with van der Waals surface area (Å²) in [6.45, 7) is 4.30. The molecule has 1 aromatic rings. The van der Waals surface area contributed by atoms with Gasteiger partial charge in [-0.05, 0) is 11.5 Å². The highest BCUT2D eigenvalue weighted by Gasteiger charge is 2.12. The fraction of sp³-hybridized carbons (Fsp3) is 0.400. The molecule has 0 aliphatic heterocycles. The van der Waals surface area contributed by atoms with Crippen molar-refractivity contribution in [2.24, 2.45) is 11.8 Å². The molecule has 0 amide bonds. The predicted octanol–water partition coefficient (Wildman–Crippen LogP) is 1.85. The average molecular weight is 164 g/mol. The lowest BCUT2D eigenvalue weighted by Gasteiger charge is -2.19. The molecule has 2 heteroatoms. The van der Waals surface area contributed by atoms with Crippen LogP contribution in [0.4, 0.5) is 0 Å². The van der Waals surface area contributed by atoms with E-state index in [0.29, 0.717) is 5.92 Å². The van der Waals surface area contributed by atoms with Gasteiger partial charge in [0.1, 0.15) is 0 Å². The summed E-state index contributed by atoms with van der Waals surface area (Å²) in [6.07, 6.45) is 0. The van der Waals surface area contributed by atoms with Crippen LogP contribution in [0.3, 0.4) is 0 Å². The minimum absolute atomic E-state index is 0.256. The van der Waals surface area contributed by atoms with Crippen molar-refractivity contribution in [1.82, 2.24) is 5.43 Å². The lowest BCUT2D eigenvalue weighted by molar-refractivity contribution is 0.421. The number of hydrazine groups is 1. The molecule has 3 N–H and O–H groups in total. The van der Waals surface area contributed by atoms with Gasteiger partial charge in [-0.2, -0.15) is 0 Å². The zero-order chi connectivity index (χ0) is 8.97. The maximum Gasteiger partial charge on any atom is 0.0482 e. The van der Waals surface area contributed by atoms with Crippen molar-refractivity contribution >= 4 is 0 Å². The fourth-order valence-electron chi connectivity index (χ4n) is 1.33. The van der Waals surface area contributed by atoms with E-state index in [1.54, 1.807) is 0 Å². The van der Waals surface area contributed by atoms with Crippen LogP contribution in [0.2, 0.25) is 0 Å². The van der Waals surface area contributed by atoms with Gasteiger partial charge in [-0.3, -0.25) is 11.3 Å². The van der Waals surface area contributed by atoms with Crippen LogP contribution in [0.25, 0.3) is 0 Å². The molecule has 0 unspecified atom stereocenters. The Bertz CT molecular complexity index is 219. The minimum atomic E-state index is 0.256. The number of rotatable bonds is 3. The summed E-state index contributed by atoms with van der Waals surface area (Å²) in [6, 6.07) is 10.5. The van der Waals surface area contributed by atoms with E-state index in [1.165, 1.54) is 5.56 Å². The molecule has 1 rings (SSSR count). The van der Waals surface area contributed by atoms with Gasteiger partial charge in [0.15, 0.2) is 0 Å². The Morgan fingerprint density at radius 3 is 2.17 bits per heavy atom. The van der Waals surface area contributed by atoms with Crippen LogP contribution in [-0.2, 0) is 0 Å². The van der Waals surface area contributed by atoms with E-state index in [0.717, 1.165) is 0 Å². The Balaban J connectivity index is 2.80. The van der Waals surface area contributed by atoms with Gasteiger partial charge >= 0.3 is 0 Å². The fourth-order valence-corrected chi connectivity index (χ4v) is 1.33. The van der Waals surface area contributed by atoms with Crippen LogP contribution < -0.4 is 11.3 Å². The van der Waals surface area contributed by atoms with E-state index < -0.39 is 0 Å². The zero-order valence-corrected chi connectivity index (χ0v) is 7.62. The molecule has 12 heavy (non-hydrogen) atoms. The second-order valence-corrected chi connectivity index (χ2v) is 3.30. The first-order valence-corrected chi connectivity index (χ1v) is 4.26. The highest BCUT2D eigenvalue weighted by Crippen LogP contribution is 2.19. The third-order valence-corrected chi connectivity index (χ3v) is 2.00. The molecule has 0 aromatic heterocycles. The highest BCUT2D eigenvalue weighted by molar-refractivity contribution is 5.18. The lowest BCUT2D eigenvalue weighted by atomic mass is 9.97. The molecule has 0 saturated carbocycles. The average Bonchev–Trinajstić information content (AvgIpc) is 2.07. The highest BCUT2D eigenvalue weighted by atomic mass is 15.2. The number of hydrogen-bond donors (Lipinski definition) is 2. The Morgan fingerprint density at radius 1 is 1.17 bits per heavy atom. The Kier molecular flexibility index (Phi) is 3.26. The van der Waals surface area contributed by atoms with Crippen LogP contribution in [0, 0.1) is 5.92 Å². The smallest absolute Gasteiger partial charge is 0.0482 e. The van der Waals surface area contributed by atoms with Crippen molar-refractivity contribution in [3.8, 4) is 0 Å². The van der Waals surface area contributed by atoms with Gasteiger partial charge in [0.2, 0.25) is 0 Å². The number of benzene rings is 1. The summed E-state index contributed by atoms with van der Waals surface area (Å²) in [5.41, 5.74) is 4.06. The molecule has 0 fully saturated rings. The Hall–Kier alpha value is -0.860. The van der Waals surface area contributed by atoms with E-state index in [9.17, 15) is 0 Å². The monoisotopic (exact) mass is 164 g/mol. The van der Waals surface area contributed by atoms with Crippen molar-refractivity contribution < 1.29 is 0 Å². The third-order valence-electron chi connectivity index (χ3n) is 2.00. The molecule has 0 bridgehead atoms. The first kappa shape index (κ1) is 9.23. The van der Waals surface area contributed by atoms with E-state index in [2.05, 4.69) is 31.4 Å². The summed E-state index contributed by atoms with van der Waals surface area (Å²) in [5.74, 6) is 5.97. The molecule has 0 spiro atoms. The third kappa shape index (κ3) is 2.06. The molecular formula is C10H16N2. The number of hydrogen-bond acceptors (Lipinski definition) is 2. The quantitative estimate of drug-likeness (QED) is 0.528. The van der Waals surface area contributed by atoms with Gasteiger partial charge < -0.3 is 0 Å². The lowest BCUT2D eigenvalue weighted by Crippen LogP contribution is -2.31. The second-order valence-electron chi connectivity index (χ2n) is 3.30. The van der Waals surface area contributed by atoms with E-state index in [4.69, 9.17) is 5.84 Å². The first-order valence-electron chi connectivity index (χ1n) is 4.26. The van der Waals surface area contributed by atoms with Crippen molar-refractivity contribution in [3.05, 3.63) is 35.9 Å². The predicted molar refractivity (Wildman–Crippen MR) is 51.3 cm³/mol. The van der Waals surface area contributed by atoms with Crippen molar-refractivity contribution in [2.75, 3.05) is 0 Å². The van der Waals surface area contributed by atoms with Crippen molar-refractivity contribution in [2.45, 2.75) is 19.9 Å². The maximum absolute atomic E-state index is 5.46. The molecule has 0 aliphatic carbocycles. The normalized spacial score (nSPS) is 13.3. The maximum atomic E-state index is 5.46. The first-order chi connectivity index (χ1) is 5.75. The Morgan fingerprint density at radius 2 is 1.75 bits per heavy atom. The standard InChI is InChI=1S/C10H16N2/c1-8(2)10(12-11)9-6-4-3-5-7-9/h3-8,10,12H,11H2,1-2H3/t10-/m1/s1. The number of nitrogens with two attached hydrogens (primary N) is 1. The number of nitrogens with one attached hydrogen (secondary N) is 1. The molecule has 66 valence electrons. The van der Waals surface area contributed by atoms with E-state index in [-0.39, 0.29) is 6.04 Å². The van der Waals surface area contributed by atoms with Crippen LogP contribution in [0.5, 0.6) is 0 Å². The van der Waals surface area contributed by atoms with Gasteiger partial charge in [-0.1, -0.05) is 44.2 Å². The molecule has 0 saturated heterocycles. The summed E-state index contributed by atoms with van der Waals surface area (Å²) >= 11 is 0. The second kappa shape index (κ2) is 4.24. The molecule has 0 radical (unpaired) electrons. The molecule has 0 aliphatic rings. The van der Waals surface area contributed by atoms with Gasteiger partial charge in [-0.25, -0.2) is 0 Å². The van der Waals surface area contributed by atoms with Crippen LogP contribution in [0.15, 0.2) is 30.3 Å². The topological polar surface area (TPSA) is 38.0 Å². The van der Waals surface area contributed by atoms with Gasteiger partial charge in [0.25, 0.3) is 0 Å². The molecule has 2 nitrogen and oxygen atoms in total. The van der Waals surface area contributed by atoms with Crippen LogP contribution >= 0.6 is 0 Å². The van der Waals surface area contributed by atoms with E-state index >= 15 is 0 Å². The van der Waals surface area contributed by atoms with E-state index in [1.807, 2.05) is 18.2 Å². The molecular weight excluding hydrogens is 148 g/mol. The molecule has 1 aromatic carbocycles. The molecule has 0 heterocycles. The summed E-state index contributed by atoms with van der Waals surface area (Å²) < 4.78 is 0. The van der Waals surface area contributed by atoms with Crippen LogP contribution in [0.1, 0.15) is 25.5 Å². The zero-order valence-electron chi connectivity index (χ0n) is 7.62.